The number of fused-ring (bicyclic) bond motifs is 3. The summed E-state index contributed by atoms with van der Waals surface area (Å²) in [7, 11) is -4.06. The van der Waals surface area contributed by atoms with Crippen LogP contribution in [-0.2, 0) is 14.8 Å². The monoisotopic (exact) mass is 479 g/mol. The molecule has 1 N–H and O–H groups in total. The maximum Gasteiger partial charge on any atom is 0.265 e. The number of sulfonamides is 1. The average Bonchev–Trinajstić information content (AvgIpc) is 3.37. The largest absolute Gasteiger partial charge is 0.339 e. The first-order valence-corrected chi connectivity index (χ1v) is 12.4. The molecule has 2 amide bonds. The van der Waals surface area contributed by atoms with Gasteiger partial charge in [0.25, 0.3) is 15.9 Å². The zero-order valence-corrected chi connectivity index (χ0v) is 19.0. The van der Waals surface area contributed by atoms with Crippen molar-refractivity contribution in [2.75, 3.05) is 29.3 Å². The van der Waals surface area contributed by atoms with Gasteiger partial charge in [-0.05, 0) is 49.2 Å². The van der Waals surface area contributed by atoms with Gasteiger partial charge in [0, 0.05) is 24.2 Å². The molecule has 0 aromatic heterocycles. The average molecular weight is 480 g/mol. The normalized spacial score (nSPS) is 16.0. The van der Waals surface area contributed by atoms with E-state index < -0.39 is 28.3 Å². The third-order valence-electron chi connectivity index (χ3n) is 6.08. The van der Waals surface area contributed by atoms with E-state index in [0.717, 1.165) is 23.2 Å². The van der Waals surface area contributed by atoms with Crippen LogP contribution < -0.4 is 9.62 Å². The number of likely N-dealkylation sites (tertiary alicyclic amines) is 1. The summed E-state index contributed by atoms with van der Waals surface area (Å²) in [5.41, 5.74) is 1.67. The molecule has 1 saturated heterocycles. The predicted molar refractivity (Wildman–Crippen MR) is 127 cm³/mol. The zero-order valence-electron chi connectivity index (χ0n) is 18.2. The fourth-order valence-electron chi connectivity index (χ4n) is 4.46. The number of nitrogens with zero attached hydrogens (tertiary/aromatic N) is 2. The smallest absolute Gasteiger partial charge is 0.265 e. The number of anilines is 2. The van der Waals surface area contributed by atoms with Crippen LogP contribution in [0.15, 0.2) is 71.6 Å². The molecule has 1 fully saturated rings. The van der Waals surface area contributed by atoms with Crippen molar-refractivity contribution in [3.63, 3.8) is 0 Å². The SMILES string of the molecule is O=C(CN1c2ccc(F)cc2-c2ccccc2S1(=O)=O)Nc1ccccc1C(=O)N1CCCC1. The molecule has 0 radical (unpaired) electrons. The Morgan fingerprint density at radius 2 is 1.62 bits per heavy atom. The maximum atomic E-state index is 14.0. The Morgan fingerprint density at radius 3 is 2.41 bits per heavy atom. The Kier molecular flexibility index (Phi) is 5.57. The summed E-state index contributed by atoms with van der Waals surface area (Å²) in [5.74, 6) is -1.29. The third-order valence-corrected chi connectivity index (χ3v) is 7.90. The Bertz CT molecular complexity index is 1400. The minimum atomic E-state index is -4.06. The number of nitrogens with one attached hydrogen (secondary N) is 1. The quantitative estimate of drug-likeness (QED) is 0.615. The summed E-state index contributed by atoms with van der Waals surface area (Å²) in [5, 5.41) is 2.70. The molecule has 2 aliphatic rings. The molecule has 0 bridgehead atoms. The van der Waals surface area contributed by atoms with Gasteiger partial charge < -0.3 is 10.2 Å². The molecule has 7 nitrogen and oxygen atoms in total. The van der Waals surface area contributed by atoms with Gasteiger partial charge in [0.15, 0.2) is 0 Å². The lowest BCUT2D eigenvalue weighted by Crippen LogP contribution is -2.40. The van der Waals surface area contributed by atoms with Gasteiger partial charge in [-0.1, -0.05) is 30.3 Å². The number of amides is 2. The van der Waals surface area contributed by atoms with Crippen LogP contribution in [0, 0.1) is 5.82 Å². The molecule has 0 saturated carbocycles. The summed E-state index contributed by atoms with van der Waals surface area (Å²) in [6.45, 7) is 0.807. The Morgan fingerprint density at radius 1 is 0.912 bits per heavy atom. The van der Waals surface area contributed by atoms with Crippen LogP contribution in [0.2, 0.25) is 0 Å². The van der Waals surface area contributed by atoms with Crippen molar-refractivity contribution in [2.45, 2.75) is 17.7 Å². The standard InChI is InChI=1S/C25H22FN3O4S/c26-17-11-12-22-20(15-17)18-7-2-4-10-23(18)34(32,33)29(22)16-24(30)27-21-9-3-1-8-19(21)25(31)28-13-5-6-14-28/h1-4,7-12,15H,5-6,13-14,16H2,(H,27,30). The minimum absolute atomic E-state index is 0.00510. The lowest BCUT2D eigenvalue weighted by Gasteiger charge is -2.31. The van der Waals surface area contributed by atoms with E-state index >= 15 is 0 Å². The molecular formula is C25H22FN3O4S. The van der Waals surface area contributed by atoms with E-state index in [0.29, 0.717) is 35.5 Å². The summed E-state index contributed by atoms with van der Waals surface area (Å²) in [6, 6.07) is 16.8. The van der Waals surface area contributed by atoms with Crippen molar-refractivity contribution in [3.05, 3.63) is 78.1 Å². The first-order chi connectivity index (χ1) is 16.4. The second-order valence-electron chi connectivity index (χ2n) is 8.26. The number of hydrogen-bond donors (Lipinski definition) is 1. The van der Waals surface area contributed by atoms with Crippen molar-refractivity contribution >= 4 is 33.2 Å². The van der Waals surface area contributed by atoms with E-state index in [1.54, 1.807) is 47.4 Å². The van der Waals surface area contributed by atoms with Crippen LogP contribution in [0.3, 0.4) is 0 Å². The number of benzene rings is 3. The summed E-state index contributed by atoms with van der Waals surface area (Å²) >= 11 is 0. The minimum Gasteiger partial charge on any atom is -0.339 e. The van der Waals surface area contributed by atoms with Crippen molar-refractivity contribution < 1.29 is 22.4 Å². The second-order valence-corrected chi connectivity index (χ2v) is 10.1. The molecule has 0 aliphatic carbocycles. The van der Waals surface area contributed by atoms with Crippen LogP contribution in [0.5, 0.6) is 0 Å². The summed E-state index contributed by atoms with van der Waals surface area (Å²) in [4.78, 5) is 27.7. The Hall–Kier alpha value is -3.72. The van der Waals surface area contributed by atoms with Crippen LogP contribution >= 0.6 is 0 Å². The van der Waals surface area contributed by atoms with Crippen LogP contribution in [0.4, 0.5) is 15.8 Å². The maximum absolute atomic E-state index is 14.0. The van der Waals surface area contributed by atoms with Gasteiger partial charge in [-0.15, -0.1) is 0 Å². The molecule has 174 valence electrons. The van der Waals surface area contributed by atoms with Crippen molar-refractivity contribution in [1.29, 1.82) is 0 Å². The highest BCUT2D eigenvalue weighted by molar-refractivity contribution is 7.93. The number of rotatable bonds is 4. The Labute approximate surface area is 196 Å². The molecule has 2 aliphatic heterocycles. The lowest BCUT2D eigenvalue weighted by molar-refractivity contribution is -0.114. The fourth-order valence-corrected chi connectivity index (χ4v) is 6.11. The topological polar surface area (TPSA) is 86.8 Å². The first-order valence-electron chi connectivity index (χ1n) is 11.0. The molecule has 0 atom stereocenters. The molecule has 34 heavy (non-hydrogen) atoms. The van der Waals surface area contributed by atoms with Crippen molar-refractivity contribution in [2.24, 2.45) is 0 Å². The molecule has 0 spiro atoms. The number of hydrogen-bond acceptors (Lipinski definition) is 4. The van der Waals surface area contributed by atoms with Gasteiger partial charge in [0.2, 0.25) is 5.91 Å². The number of carbonyl (C=O) groups excluding carboxylic acids is 2. The lowest BCUT2D eigenvalue weighted by atomic mass is 10.0. The van der Waals surface area contributed by atoms with Gasteiger partial charge in [-0.2, -0.15) is 0 Å². The first kappa shape index (κ1) is 22.1. The van der Waals surface area contributed by atoms with Gasteiger partial charge in [-0.25, -0.2) is 12.8 Å². The van der Waals surface area contributed by atoms with Crippen molar-refractivity contribution in [1.82, 2.24) is 4.90 Å². The highest BCUT2D eigenvalue weighted by Crippen LogP contribution is 2.43. The van der Waals surface area contributed by atoms with Crippen molar-refractivity contribution in [3.8, 4) is 11.1 Å². The highest BCUT2D eigenvalue weighted by Gasteiger charge is 2.36. The van der Waals surface area contributed by atoms with Gasteiger partial charge >= 0.3 is 0 Å². The molecule has 0 unspecified atom stereocenters. The molecular weight excluding hydrogens is 457 g/mol. The highest BCUT2D eigenvalue weighted by atomic mass is 32.2. The van der Waals surface area contributed by atoms with Gasteiger partial charge in [-0.3, -0.25) is 13.9 Å². The van der Waals surface area contributed by atoms with E-state index in [1.165, 1.54) is 18.2 Å². The third kappa shape index (κ3) is 3.81. The Balaban J connectivity index is 1.46. The van der Waals surface area contributed by atoms with E-state index in [9.17, 15) is 22.4 Å². The van der Waals surface area contributed by atoms with Crippen LogP contribution in [0.1, 0.15) is 23.2 Å². The molecule has 3 aromatic carbocycles. The zero-order chi connectivity index (χ0) is 23.9. The molecule has 5 rings (SSSR count). The predicted octanol–water partition coefficient (Wildman–Crippen LogP) is 3.88. The van der Waals surface area contributed by atoms with E-state index in [4.69, 9.17) is 0 Å². The number of halogens is 1. The second kappa shape index (κ2) is 8.57. The molecule has 9 heteroatoms. The van der Waals surface area contributed by atoms with E-state index in [-0.39, 0.29) is 16.5 Å². The number of carbonyl (C=O) groups is 2. The van der Waals surface area contributed by atoms with Crippen LogP contribution in [-0.4, -0.2) is 44.8 Å². The summed E-state index contributed by atoms with van der Waals surface area (Å²) in [6.07, 6.45) is 1.88. The van der Waals surface area contributed by atoms with E-state index in [2.05, 4.69) is 5.32 Å². The van der Waals surface area contributed by atoms with E-state index in [1.807, 2.05) is 0 Å². The fraction of sp³-hybridized carbons (Fsp3) is 0.200. The van der Waals surface area contributed by atoms with Gasteiger partial charge in [0.05, 0.1) is 21.8 Å². The summed E-state index contributed by atoms with van der Waals surface area (Å²) < 4.78 is 41.8. The van der Waals surface area contributed by atoms with Crippen LogP contribution in [0.25, 0.3) is 11.1 Å². The molecule has 3 aromatic rings. The molecule has 2 heterocycles. The van der Waals surface area contributed by atoms with Gasteiger partial charge in [0.1, 0.15) is 12.4 Å². The number of para-hydroxylation sites is 1.